The van der Waals surface area contributed by atoms with Crippen LogP contribution in [0.25, 0.3) is 16.7 Å². The van der Waals surface area contributed by atoms with Crippen LogP contribution in [0.1, 0.15) is 16.2 Å². The molecule has 26 heavy (non-hydrogen) atoms. The Hall–Kier alpha value is -3.07. The van der Waals surface area contributed by atoms with E-state index in [0.29, 0.717) is 32.5 Å². The lowest BCUT2D eigenvalue weighted by molar-refractivity contribution is 0.0461. The fraction of sp³-hybridized carbons (Fsp3) is 0.118. The molecule has 1 aromatic carbocycles. The maximum atomic E-state index is 12.4. The summed E-state index contributed by atoms with van der Waals surface area (Å²) in [6.07, 6.45) is 3.00. The predicted octanol–water partition coefficient (Wildman–Crippen LogP) is 2.10. The normalized spacial score (nSPS) is 11.2. The van der Waals surface area contributed by atoms with Gasteiger partial charge in [0.15, 0.2) is 12.4 Å². The number of esters is 1. The first kappa shape index (κ1) is 16.4. The third kappa shape index (κ3) is 2.66. The first-order valence-electron chi connectivity index (χ1n) is 7.65. The number of rotatable bonds is 3. The highest BCUT2D eigenvalue weighted by molar-refractivity contribution is 9.10. The predicted molar refractivity (Wildman–Crippen MR) is 96.8 cm³/mol. The van der Waals surface area contributed by atoms with E-state index >= 15 is 0 Å². The fourth-order valence-electron chi connectivity index (χ4n) is 2.72. The number of pyridine rings is 1. The van der Waals surface area contributed by atoms with Crippen LogP contribution < -0.4 is 5.56 Å². The molecule has 0 saturated carbocycles. The second kappa shape index (κ2) is 6.34. The number of para-hydroxylation sites is 1. The molecule has 4 rings (SSSR count). The summed E-state index contributed by atoms with van der Waals surface area (Å²) in [7, 11) is 1.63. The maximum Gasteiger partial charge on any atom is 0.340 e. The number of benzene rings is 1. The van der Waals surface area contributed by atoms with E-state index in [0.717, 1.165) is 0 Å². The van der Waals surface area contributed by atoms with Crippen molar-refractivity contribution in [3.8, 4) is 0 Å². The Labute approximate surface area is 155 Å². The highest BCUT2D eigenvalue weighted by Gasteiger charge is 2.16. The lowest BCUT2D eigenvalue weighted by Gasteiger charge is -2.08. The Bertz CT molecular complexity index is 1210. The van der Waals surface area contributed by atoms with Crippen LogP contribution in [0, 0.1) is 0 Å². The van der Waals surface area contributed by atoms with Gasteiger partial charge in [0, 0.05) is 23.9 Å². The molecule has 8 nitrogen and oxygen atoms in total. The molecule has 4 aromatic rings. The van der Waals surface area contributed by atoms with Gasteiger partial charge in [0.1, 0.15) is 0 Å². The molecule has 0 fully saturated rings. The number of nitrogens with zero attached hydrogens (tertiary/aromatic N) is 5. The first-order chi connectivity index (χ1) is 12.6. The van der Waals surface area contributed by atoms with E-state index in [2.05, 4.69) is 31.1 Å². The van der Waals surface area contributed by atoms with E-state index in [-0.39, 0.29) is 12.2 Å². The minimum Gasteiger partial charge on any atom is -0.454 e. The number of carbonyl (C=O) groups excluding carboxylic acids is 1. The summed E-state index contributed by atoms with van der Waals surface area (Å²) in [5.74, 6) is 0.275. The van der Waals surface area contributed by atoms with Crippen LogP contribution in [0.5, 0.6) is 0 Å². The van der Waals surface area contributed by atoms with Crippen molar-refractivity contribution in [2.75, 3.05) is 0 Å². The van der Waals surface area contributed by atoms with E-state index in [4.69, 9.17) is 4.74 Å². The molecule has 130 valence electrons. The van der Waals surface area contributed by atoms with Gasteiger partial charge in [0.25, 0.3) is 5.56 Å². The molecule has 9 heteroatoms. The number of hydrogen-bond donors (Lipinski definition) is 0. The molecule has 0 amide bonds. The molecule has 0 unspecified atom stereocenters. The molecule has 0 spiro atoms. The highest BCUT2D eigenvalue weighted by atomic mass is 79.9. The highest BCUT2D eigenvalue weighted by Crippen LogP contribution is 2.15. The molecule has 0 N–H and O–H groups in total. The van der Waals surface area contributed by atoms with E-state index in [1.54, 1.807) is 41.9 Å². The minimum atomic E-state index is -0.523. The molecule has 3 aromatic heterocycles. The molecule has 0 atom stereocenters. The van der Waals surface area contributed by atoms with E-state index in [1.807, 2.05) is 6.07 Å². The summed E-state index contributed by atoms with van der Waals surface area (Å²) in [6.45, 7) is -0.0886. The average molecular weight is 414 g/mol. The van der Waals surface area contributed by atoms with Crippen LogP contribution in [0.2, 0.25) is 0 Å². The summed E-state index contributed by atoms with van der Waals surface area (Å²) in [4.78, 5) is 28.6. The number of aromatic nitrogens is 5. The lowest BCUT2D eigenvalue weighted by atomic mass is 10.2. The van der Waals surface area contributed by atoms with Gasteiger partial charge in [-0.05, 0) is 34.1 Å². The van der Waals surface area contributed by atoms with Crippen molar-refractivity contribution in [1.82, 2.24) is 24.1 Å². The monoisotopic (exact) mass is 413 g/mol. The van der Waals surface area contributed by atoms with Crippen molar-refractivity contribution < 1.29 is 9.53 Å². The second-order valence-electron chi connectivity index (χ2n) is 5.60. The average Bonchev–Trinajstić information content (AvgIpc) is 3.08. The quantitative estimate of drug-likeness (QED) is 0.477. The molecule has 0 aliphatic heterocycles. The Morgan fingerprint density at radius 2 is 2.04 bits per heavy atom. The first-order valence-corrected chi connectivity index (χ1v) is 8.45. The number of ether oxygens (including phenoxy) is 1. The van der Waals surface area contributed by atoms with Crippen molar-refractivity contribution in [3.05, 3.63) is 68.9 Å². The van der Waals surface area contributed by atoms with Crippen LogP contribution in [0.3, 0.4) is 0 Å². The molecule has 0 aliphatic rings. The molecule has 3 heterocycles. The summed E-state index contributed by atoms with van der Waals surface area (Å²) in [5, 5.41) is 8.67. The third-order valence-corrected chi connectivity index (χ3v) is 4.40. The number of carbonyl (C=O) groups is 1. The summed E-state index contributed by atoms with van der Waals surface area (Å²) in [6, 6.07) is 8.77. The Morgan fingerprint density at radius 3 is 2.85 bits per heavy atom. The zero-order valence-electron chi connectivity index (χ0n) is 13.6. The Balaban J connectivity index is 1.74. The van der Waals surface area contributed by atoms with Crippen molar-refractivity contribution in [2.45, 2.75) is 6.61 Å². The molecule has 0 bridgehead atoms. The molecule has 0 radical (unpaired) electrons. The molecular formula is C17H12BrN5O3. The Morgan fingerprint density at radius 1 is 1.23 bits per heavy atom. The molecule has 0 saturated heterocycles. The van der Waals surface area contributed by atoms with Gasteiger partial charge in [-0.25, -0.2) is 4.79 Å². The zero-order valence-corrected chi connectivity index (χ0v) is 15.2. The van der Waals surface area contributed by atoms with Crippen LogP contribution in [0.4, 0.5) is 0 Å². The maximum absolute atomic E-state index is 12.4. The van der Waals surface area contributed by atoms with E-state index in [1.165, 1.54) is 10.8 Å². The van der Waals surface area contributed by atoms with Gasteiger partial charge < -0.3 is 4.74 Å². The Kier molecular flexibility index (Phi) is 4.00. The van der Waals surface area contributed by atoms with Gasteiger partial charge in [-0.3, -0.25) is 18.7 Å². The molecule has 0 aliphatic carbocycles. The zero-order chi connectivity index (χ0) is 18.3. The lowest BCUT2D eigenvalue weighted by Crippen LogP contribution is -2.20. The number of aryl methyl sites for hydroxylation is 1. The second-order valence-corrected chi connectivity index (χ2v) is 6.52. The van der Waals surface area contributed by atoms with Crippen molar-refractivity contribution in [3.63, 3.8) is 0 Å². The summed E-state index contributed by atoms with van der Waals surface area (Å²) >= 11 is 3.27. The van der Waals surface area contributed by atoms with Crippen molar-refractivity contribution >= 4 is 38.6 Å². The smallest absolute Gasteiger partial charge is 0.340 e. The SMILES string of the molecule is Cn1c(=O)c2ccccc2n2c(COC(=O)c3cncc(Br)c3)nnc12. The van der Waals surface area contributed by atoms with Gasteiger partial charge >= 0.3 is 5.97 Å². The van der Waals surface area contributed by atoms with Gasteiger partial charge in [-0.2, -0.15) is 0 Å². The third-order valence-electron chi connectivity index (χ3n) is 3.97. The van der Waals surface area contributed by atoms with Crippen molar-refractivity contribution in [2.24, 2.45) is 7.05 Å². The standard InChI is InChI=1S/C17H12BrN5O3/c1-22-15(24)12-4-2-3-5-13(12)23-14(20-21-17(22)23)9-26-16(25)10-6-11(18)8-19-7-10/h2-8H,9H2,1H3. The van der Waals surface area contributed by atoms with Gasteiger partial charge in [0.2, 0.25) is 5.78 Å². The van der Waals surface area contributed by atoms with E-state index < -0.39 is 5.97 Å². The number of hydrogen-bond acceptors (Lipinski definition) is 6. The minimum absolute atomic E-state index is 0.0886. The van der Waals surface area contributed by atoms with Gasteiger partial charge in [-0.15, -0.1) is 10.2 Å². The van der Waals surface area contributed by atoms with Crippen LogP contribution in [-0.2, 0) is 18.4 Å². The largest absolute Gasteiger partial charge is 0.454 e. The summed E-state index contributed by atoms with van der Waals surface area (Å²) in [5.41, 5.74) is 0.820. The van der Waals surface area contributed by atoms with Crippen molar-refractivity contribution in [1.29, 1.82) is 0 Å². The number of fused-ring (bicyclic) bond motifs is 3. The van der Waals surface area contributed by atoms with Crippen LogP contribution >= 0.6 is 15.9 Å². The van der Waals surface area contributed by atoms with Crippen LogP contribution in [0.15, 0.2) is 52.0 Å². The topological polar surface area (TPSA) is 91.4 Å². The van der Waals surface area contributed by atoms with Crippen LogP contribution in [-0.4, -0.2) is 30.1 Å². The number of halogens is 1. The van der Waals surface area contributed by atoms with E-state index in [9.17, 15) is 9.59 Å². The molecular weight excluding hydrogens is 402 g/mol. The van der Waals surface area contributed by atoms with Gasteiger partial charge in [-0.1, -0.05) is 12.1 Å². The summed E-state index contributed by atoms with van der Waals surface area (Å²) < 4.78 is 9.15. The fourth-order valence-corrected chi connectivity index (χ4v) is 3.09. The van der Waals surface area contributed by atoms with Gasteiger partial charge in [0.05, 0.1) is 16.5 Å².